The summed E-state index contributed by atoms with van der Waals surface area (Å²) < 4.78 is 1.04. The Morgan fingerprint density at radius 2 is 2.09 bits per heavy atom. The summed E-state index contributed by atoms with van der Waals surface area (Å²) in [6.45, 7) is 0. The van der Waals surface area contributed by atoms with Gasteiger partial charge >= 0.3 is 0 Å². The van der Waals surface area contributed by atoms with Gasteiger partial charge in [-0.1, -0.05) is 30.0 Å². The molecule has 2 aromatic heterocycles. The van der Waals surface area contributed by atoms with Crippen LogP contribution in [0.3, 0.4) is 0 Å². The zero-order valence-corrected chi connectivity index (χ0v) is 14.2. The monoisotopic (exact) mass is 366 g/mol. The van der Waals surface area contributed by atoms with Gasteiger partial charge in [-0.2, -0.15) is 5.10 Å². The normalized spacial score (nSPS) is 19.1. The molecule has 1 fully saturated rings. The minimum absolute atomic E-state index is 0.196. The molecule has 1 aromatic carbocycles. The van der Waals surface area contributed by atoms with E-state index in [1.165, 1.54) is 18.0 Å². The fraction of sp³-hybridized carbons (Fsp3) is 0.267. The molecule has 0 radical (unpaired) electrons. The molecule has 8 heteroatoms. The zero-order valence-electron chi connectivity index (χ0n) is 11.9. The van der Waals surface area contributed by atoms with Gasteiger partial charge in [-0.3, -0.25) is 4.79 Å². The van der Waals surface area contributed by atoms with E-state index in [2.05, 4.69) is 15.1 Å². The summed E-state index contributed by atoms with van der Waals surface area (Å²) in [6, 6.07) is 9.60. The Bertz CT molecular complexity index is 922. The Balaban J connectivity index is 1.69. The first-order valence-electron chi connectivity index (χ1n) is 7.09. The predicted molar refractivity (Wildman–Crippen MR) is 92.8 cm³/mol. The highest BCUT2D eigenvalue weighted by molar-refractivity contribution is 7.99. The summed E-state index contributed by atoms with van der Waals surface area (Å²) in [4.78, 5) is 19.5. The summed E-state index contributed by atoms with van der Waals surface area (Å²) in [7, 11) is 0. The second kappa shape index (κ2) is 5.54. The fourth-order valence-electron chi connectivity index (χ4n) is 2.35. The number of thioether (sulfide) groups is 1. The Hall–Kier alpha value is -1.50. The van der Waals surface area contributed by atoms with Crippen molar-refractivity contribution in [3.63, 3.8) is 0 Å². The fourth-order valence-corrected chi connectivity index (χ4v) is 4.14. The molecule has 1 atom stereocenters. The van der Waals surface area contributed by atoms with E-state index in [1.807, 2.05) is 30.3 Å². The molecule has 1 saturated carbocycles. The van der Waals surface area contributed by atoms with Crippen LogP contribution in [0, 0.1) is 5.92 Å². The molecule has 3 aromatic rings. The number of rotatable bonds is 4. The molecule has 0 spiro atoms. The van der Waals surface area contributed by atoms with Gasteiger partial charge in [0.05, 0.1) is 11.9 Å². The number of para-hydroxylation sites is 1. The van der Waals surface area contributed by atoms with Crippen LogP contribution in [0.1, 0.15) is 6.42 Å². The molecule has 118 valence electrons. The lowest BCUT2D eigenvalue weighted by Gasteiger charge is -2.04. The zero-order chi connectivity index (χ0) is 16.0. The Kier molecular flexibility index (Phi) is 3.63. The van der Waals surface area contributed by atoms with Gasteiger partial charge in [-0.05, 0) is 18.6 Å². The molecule has 0 amide bonds. The highest BCUT2D eigenvalue weighted by Gasteiger charge is 2.51. The molecule has 1 aliphatic rings. The van der Waals surface area contributed by atoms with Gasteiger partial charge in [-0.25, -0.2) is 9.67 Å². The quantitative estimate of drug-likeness (QED) is 0.436. The molecule has 0 saturated heterocycles. The van der Waals surface area contributed by atoms with Crippen molar-refractivity contribution in [2.75, 3.05) is 5.75 Å². The lowest BCUT2D eigenvalue weighted by molar-refractivity contribution is 0.870. The first-order valence-corrected chi connectivity index (χ1v) is 8.83. The number of fused-ring (bicyclic) bond motifs is 1. The molecule has 1 unspecified atom stereocenters. The lowest BCUT2D eigenvalue weighted by atomic mass is 10.3. The average molecular weight is 367 g/mol. The smallest absolute Gasteiger partial charge is 0.262 e. The van der Waals surface area contributed by atoms with Crippen LogP contribution in [-0.4, -0.2) is 29.8 Å². The van der Waals surface area contributed by atoms with Crippen LogP contribution in [0.5, 0.6) is 0 Å². The molecule has 4 rings (SSSR count). The number of H-pyrrole nitrogens is 1. The maximum Gasteiger partial charge on any atom is 0.262 e. The number of aromatic amines is 1. The number of halogens is 2. The number of nitrogens with zero attached hydrogens (tertiary/aromatic N) is 3. The second-order valence-corrected chi connectivity index (χ2v) is 8.02. The van der Waals surface area contributed by atoms with Crippen LogP contribution < -0.4 is 5.56 Å². The van der Waals surface area contributed by atoms with Gasteiger partial charge < -0.3 is 4.98 Å². The highest BCUT2D eigenvalue weighted by atomic mass is 35.5. The van der Waals surface area contributed by atoms with Crippen LogP contribution >= 0.6 is 35.0 Å². The maximum absolute atomic E-state index is 12.2. The summed E-state index contributed by atoms with van der Waals surface area (Å²) >= 11 is 13.5. The molecule has 0 bridgehead atoms. The summed E-state index contributed by atoms with van der Waals surface area (Å²) in [5.74, 6) is 0.955. The van der Waals surface area contributed by atoms with Gasteiger partial charge in [0.15, 0.2) is 10.8 Å². The van der Waals surface area contributed by atoms with Crippen LogP contribution in [0.4, 0.5) is 0 Å². The molecule has 0 aliphatic heterocycles. The minimum atomic E-state index is -0.622. The lowest BCUT2D eigenvalue weighted by Crippen LogP contribution is -2.10. The van der Waals surface area contributed by atoms with E-state index in [1.54, 1.807) is 4.68 Å². The topological polar surface area (TPSA) is 63.6 Å². The Morgan fingerprint density at radius 3 is 2.78 bits per heavy atom. The Morgan fingerprint density at radius 1 is 1.35 bits per heavy atom. The van der Waals surface area contributed by atoms with E-state index in [0.717, 1.165) is 17.9 Å². The van der Waals surface area contributed by atoms with Crippen molar-refractivity contribution in [2.24, 2.45) is 5.92 Å². The van der Waals surface area contributed by atoms with Crippen molar-refractivity contribution in [3.8, 4) is 5.69 Å². The molecule has 1 aliphatic carbocycles. The number of hydrogen-bond acceptors (Lipinski definition) is 4. The molecule has 5 nitrogen and oxygen atoms in total. The molecule has 1 N–H and O–H groups in total. The van der Waals surface area contributed by atoms with E-state index >= 15 is 0 Å². The third kappa shape index (κ3) is 2.86. The summed E-state index contributed by atoms with van der Waals surface area (Å²) in [5.41, 5.74) is 1.21. The van der Waals surface area contributed by atoms with Crippen LogP contribution in [0.25, 0.3) is 16.7 Å². The Labute approximate surface area is 146 Å². The van der Waals surface area contributed by atoms with Gasteiger partial charge in [0.1, 0.15) is 9.72 Å². The maximum atomic E-state index is 12.2. The number of benzene rings is 1. The van der Waals surface area contributed by atoms with Crippen molar-refractivity contribution in [1.82, 2.24) is 19.7 Å². The first-order chi connectivity index (χ1) is 11.0. The predicted octanol–water partition coefficient (Wildman–Crippen LogP) is 3.39. The van der Waals surface area contributed by atoms with Gasteiger partial charge in [-0.15, -0.1) is 23.2 Å². The van der Waals surface area contributed by atoms with E-state index in [9.17, 15) is 4.79 Å². The van der Waals surface area contributed by atoms with Gasteiger partial charge in [0, 0.05) is 11.7 Å². The second-order valence-electron chi connectivity index (χ2n) is 5.47. The van der Waals surface area contributed by atoms with E-state index in [4.69, 9.17) is 23.2 Å². The number of aromatic nitrogens is 4. The average Bonchev–Trinajstić information content (AvgIpc) is 2.95. The third-order valence-corrected chi connectivity index (χ3v) is 5.76. The molecular weight excluding hydrogens is 355 g/mol. The van der Waals surface area contributed by atoms with Crippen LogP contribution in [-0.2, 0) is 0 Å². The molecule has 2 heterocycles. The van der Waals surface area contributed by atoms with Crippen molar-refractivity contribution >= 4 is 46.0 Å². The minimum Gasteiger partial charge on any atom is -0.301 e. The standard InChI is InChI=1S/C15H12Cl2N4OS/c16-15(17)6-9(15)8-23-14-19-12-11(13(22)20-14)7-18-21(12)10-4-2-1-3-5-10/h1-5,7,9H,6,8H2,(H,19,20,22). The molecule has 23 heavy (non-hydrogen) atoms. The van der Waals surface area contributed by atoms with E-state index < -0.39 is 4.33 Å². The third-order valence-electron chi connectivity index (χ3n) is 3.79. The highest BCUT2D eigenvalue weighted by Crippen LogP contribution is 2.54. The summed E-state index contributed by atoms with van der Waals surface area (Å²) in [6.07, 6.45) is 2.31. The van der Waals surface area contributed by atoms with Crippen LogP contribution in [0.2, 0.25) is 0 Å². The summed E-state index contributed by atoms with van der Waals surface area (Å²) in [5, 5.41) is 5.30. The van der Waals surface area contributed by atoms with Gasteiger partial charge in [0.25, 0.3) is 5.56 Å². The number of alkyl halides is 2. The van der Waals surface area contributed by atoms with Crippen molar-refractivity contribution < 1.29 is 0 Å². The molecular formula is C15H12Cl2N4OS. The SMILES string of the molecule is O=c1[nH]c(SCC2CC2(Cl)Cl)nc2c1cnn2-c1ccccc1. The van der Waals surface area contributed by atoms with E-state index in [0.29, 0.717) is 16.2 Å². The number of hydrogen-bond donors (Lipinski definition) is 1. The van der Waals surface area contributed by atoms with Crippen molar-refractivity contribution in [2.45, 2.75) is 15.9 Å². The van der Waals surface area contributed by atoms with Crippen molar-refractivity contribution in [1.29, 1.82) is 0 Å². The number of nitrogens with one attached hydrogen (secondary N) is 1. The van der Waals surface area contributed by atoms with Gasteiger partial charge in [0.2, 0.25) is 0 Å². The van der Waals surface area contributed by atoms with Crippen molar-refractivity contribution in [3.05, 3.63) is 46.9 Å². The first kappa shape index (κ1) is 15.1. The van der Waals surface area contributed by atoms with Crippen LogP contribution in [0.15, 0.2) is 46.5 Å². The van der Waals surface area contributed by atoms with E-state index in [-0.39, 0.29) is 11.5 Å². The largest absolute Gasteiger partial charge is 0.301 e.